The van der Waals surface area contributed by atoms with E-state index in [0.717, 1.165) is 0 Å². The van der Waals surface area contributed by atoms with Crippen molar-refractivity contribution in [2.24, 2.45) is 5.73 Å². The molecule has 102 valence electrons. The smallest absolute Gasteiger partial charge is 0.342 e. The first-order valence-corrected chi connectivity index (χ1v) is 6.15. The molecule has 0 bridgehead atoms. The van der Waals surface area contributed by atoms with Gasteiger partial charge in [-0.2, -0.15) is 0 Å². The zero-order chi connectivity index (χ0) is 13.0. The molecule has 0 saturated heterocycles. The minimum absolute atomic E-state index is 0. The summed E-state index contributed by atoms with van der Waals surface area (Å²) in [7, 11) is 0. The van der Waals surface area contributed by atoms with E-state index in [1.54, 1.807) is 25.1 Å². The number of esters is 1. The lowest BCUT2D eigenvalue weighted by Crippen LogP contribution is -2.31. The van der Waals surface area contributed by atoms with Gasteiger partial charge in [0.1, 0.15) is 0 Å². The number of hydrogen-bond donors (Lipinski definition) is 1. The lowest BCUT2D eigenvalue weighted by atomic mass is 10.0. The molecule has 1 rings (SSSR count). The highest BCUT2D eigenvalue weighted by Gasteiger charge is 2.27. The van der Waals surface area contributed by atoms with E-state index in [4.69, 9.17) is 17.3 Å². The summed E-state index contributed by atoms with van der Waals surface area (Å²) in [5.41, 5.74) is 6.12. The molecule has 0 aliphatic heterocycles. The van der Waals surface area contributed by atoms with Gasteiger partial charge in [0.15, 0.2) is 0 Å². The van der Waals surface area contributed by atoms with Gasteiger partial charge in [0, 0.05) is 4.47 Å². The van der Waals surface area contributed by atoms with Gasteiger partial charge in [-0.25, -0.2) is 9.18 Å². The van der Waals surface area contributed by atoms with Gasteiger partial charge in [0.2, 0.25) is 6.17 Å². The number of rotatable bonds is 4. The van der Waals surface area contributed by atoms with Crippen LogP contribution in [0, 0.1) is 0 Å². The highest BCUT2D eigenvalue weighted by Crippen LogP contribution is 2.27. The Hall–Kier alpha value is -0.360. The molecule has 0 amide bonds. The molecule has 7 heteroatoms. The van der Waals surface area contributed by atoms with E-state index < -0.39 is 18.2 Å². The number of halogens is 4. The SMILES string of the molecule is CCOC(=O)C(F)[C@@H](N)c1ccc(Cl)c(Br)c1.Cl. The average Bonchev–Trinajstić information content (AvgIpc) is 2.31. The number of hydrogen-bond acceptors (Lipinski definition) is 3. The Morgan fingerprint density at radius 1 is 1.61 bits per heavy atom. The van der Waals surface area contributed by atoms with Crippen molar-refractivity contribution < 1.29 is 13.9 Å². The van der Waals surface area contributed by atoms with Crippen molar-refractivity contribution in [2.75, 3.05) is 6.61 Å². The first-order valence-electron chi connectivity index (χ1n) is 4.98. The number of nitrogens with two attached hydrogens (primary N) is 1. The summed E-state index contributed by atoms with van der Waals surface area (Å²) in [5, 5.41) is 0.493. The molecule has 1 aromatic carbocycles. The molecule has 2 N–H and O–H groups in total. The maximum atomic E-state index is 13.6. The first-order chi connectivity index (χ1) is 7.97. The second-order valence-electron chi connectivity index (χ2n) is 3.35. The summed E-state index contributed by atoms with van der Waals surface area (Å²) in [5.74, 6) is -0.953. The van der Waals surface area contributed by atoms with Crippen LogP contribution in [0.3, 0.4) is 0 Å². The summed E-state index contributed by atoms with van der Waals surface area (Å²) in [6.07, 6.45) is -1.89. The summed E-state index contributed by atoms with van der Waals surface area (Å²) >= 11 is 9.01. The summed E-state index contributed by atoms with van der Waals surface area (Å²) in [4.78, 5) is 11.2. The van der Waals surface area contributed by atoms with Crippen LogP contribution in [0.25, 0.3) is 0 Å². The molecular weight excluding hydrogens is 348 g/mol. The largest absolute Gasteiger partial charge is 0.464 e. The van der Waals surface area contributed by atoms with Crippen LogP contribution in [-0.2, 0) is 9.53 Å². The molecule has 1 unspecified atom stereocenters. The predicted octanol–water partition coefficient (Wildman–Crippen LogP) is 3.43. The highest BCUT2D eigenvalue weighted by atomic mass is 79.9. The Morgan fingerprint density at radius 2 is 2.22 bits per heavy atom. The van der Waals surface area contributed by atoms with Crippen molar-refractivity contribution in [3.63, 3.8) is 0 Å². The minimum atomic E-state index is -1.89. The number of alkyl halides is 1. The van der Waals surface area contributed by atoms with Crippen LogP contribution in [0.5, 0.6) is 0 Å². The summed E-state index contributed by atoms with van der Waals surface area (Å²) in [6, 6.07) is 3.67. The third kappa shape index (κ3) is 4.39. The van der Waals surface area contributed by atoms with Crippen LogP contribution < -0.4 is 5.73 Å². The Balaban J connectivity index is 0.00000289. The maximum absolute atomic E-state index is 13.6. The average molecular weight is 361 g/mol. The van der Waals surface area contributed by atoms with Crippen molar-refractivity contribution in [1.82, 2.24) is 0 Å². The van der Waals surface area contributed by atoms with Crippen LogP contribution in [-0.4, -0.2) is 18.7 Å². The van der Waals surface area contributed by atoms with Crippen molar-refractivity contribution >= 4 is 45.9 Å². The quantitative estimate of drug-likeness (QED) is 0.837. The zero-order valence-corrected chi connectivity index (χ0v) is 12.7. The summed E-state index contributed by atoms with van der Waals surface area (Å²) in [6.45, 7) is 1.73. The van der Waals surface area contributed by atoms with E-state index in [1.807, 2.05) is 0 Å². The van der Waals surface area contributed by atoms with Gasteiger partial charge in [0.05, 0.1) is 17.7 Å². The first kappa shape index (κ1) is 17.6. The predicted molar refractivity (Wildman–Crippen MR) is 74.9 cm³/mol. The lowest BCUT2D eigenvalue weighted by molar-refractivity contribution is -0.149. The molecule has 3 nitrogen and oxygen atoms in total. The van der Waals surface area contributed by atoms with E-state index in [2.05, 4.69) is 20.7 Å². The second-order valence-corrected chi connectivity index (χ2v) is 4.61. The molecule has 0 spiro atoms. The van der Waals surface area contributed by atoms with Crippen molar-refractivity contribution in [3.05, 3.63) is 33.3 Å². The molecule has 0 fully saturated rings. The minimum Gasteiger partial charge on any atom is -0.464 e. The molecule has 0 heterocycles. The van der Waals surface area contributed by atoms with Crippen molar-refractivity contribution in [1.29, 1.82) is 0 Å². The molecule has 0 aliphatic rings. The van der Waals surface area contributed by atoms with Crippen LogP contribution in [0.15, 0.2) is 22.7 Å². The normalized spacial score (nSPS) is 13.4. The molecular formula is C11H13BrCl2FNO2. The van der Waals surface area contributed by atoms with Gasteiger partial charge in [-0.05, 0) is 40.5 Å². The van der Waals surface area contributed by atoms with Crippen molar-refractivity contribution in [2.45, 2.75) is 19.1 Å². The molecule has 1 aromatic rings. The summed E-state index contributed by atoms with van der Waals surface area (Å²) < 4.78 is 18.8. The zero-order valence-electron chi connectivity index (χ0n) is 9.53. The van der Waals surface area contributed by atoms with Gasteiger partial charge >= 0.3 is 5.97 Å². The lowest BCUT2D eigenvalue weighted by Gasteiger charge is -2.16. The number of carbonyl (C=O) groups is 1. The fourth-order valence-corrected chi connectivity index (χ4v) is 1.77. The molecule has 2 atom stereocenters. The number of ether oxygens (including phenoxy) is 1. The molecule has 0 aliphatic carbocycles. The standard InChI is InChI=1S/C11H12BrClFNO2.ClH/c1-2-17-11(16)9(14)10(15)6-3-4-8(13)7(12)5-6;/h3-5,9-10H,2,15H2,1H3;1H/t9?,10-;/m0./s1. The van der Waals surface area contributed by atoms with E-state index in [-0.39, 0.29) is 19.0 Å². The second kappa shape index (κ2) is 7.94. The number of benzene rings is 1. The van der Waals surface area contributed by atoms with Crippen LogP contribution in [0.1, 0.15) is 18.5 Å². The van der Waals surface area contributed by atoms with E-state index in [0.29, 0.717) is 15.1 Å². The van der Waals surface area contributed by atoms with Crippen LogP contribution >= 0.6 is 39.9 Å². The molecule has 0 saturated carbocycles. The van der Waals surface area contributed by atoms with Gasteiger partial charge in [-0.1, -0.05) is 17.7 Å². The van der Waals surface area contributed by atoms with E-state index >= 15 is 0 Å². The third-order valence-corrected chi connectivity index (χ3v) is 3.37. The number of carbonyl (C=O) groups excluding carboxylic acids is 1. The van der Waals surface area contributed by atoms with Crippen molar-refractivity contribution in [3.8, 4) is 0 Å². The van der Waals surface area contributed by atoms with E-state index in [9.17, 15) is 9.18 Å². The maximum Gasteiger partial charge on any atom is 0.342 e. The molecule has 0 radical (unpaired) electrons. The van der Waals surface area contributed by atoms with Crippen LogP contribution in [0.4, 0.5) is 4.39 Å². The Labute approximate surface area is 124 Å². The third-order valence-electron chi connectivity index (χ3n) is 2.16. The van der Waals surface area contributed by atoms with Gasteiger partial charge in [-0.3, -0.25) is 0 Å². The van der Waals surface area contributed by atoms with E-state index in [1.165, 1.54) is 0 Å². The fraction of sp³-hybridized carbons (Fsp3) is 0.364. The fourth-order valence-electron chi connectivity index (χ4n) is 1.26. The van der Waals surface area contributed by atoms with Crippen LogP contribution in [0.2, 0.25) is 5.02 Å². The Morgan fingerprint density at radius 3 is 2.72 bits per heavy atom. The van der Waals surface area contributed by atoms with Gasteiger partial charge < -0.3 is 10.5 Å². The van der Waals surface area contributed by atoms with Gasteiger partial charge in [0.25, 0.3) is 0 Å². The Kier molecular flexibility index (Phi) is 7.78. The highest BCUT2D eigenvalue weighted by molar-refractivity contribution is 9.10. The topological polar surface area (TPSA) is 52.3 Å². The van der Waals surface area contributed by atoms with Gasteiger partial charge in [-0.15, -0.1) is 12.4 Å². The molecule has 18 heavy (non-hydrogen) atoms. The monoisotopic (exact) mass is 359 g/mol. The molecule has 0 aromatic heterocycles. The Bertz CT molecular complexity index is 420.